The number of piperidine rings is 1. The highest BCUT2D eigenvalue weighted by atomic mass is 32.2. The van der Waals surface area contributed by atoms with Gasteiger partial charge in [-0.2, -0.15) is 9.40 Å². The van der Waals surface area contributed by atoms with Crippen LogP contribution >= 0.6 is 0 Å². The Bertz CT molecular complexity index is 1350. The second kappa shape index (κ2) is 7.82. The SMILES string of the molecule is O=S(=O)(c1cc(F)cc(F)c1)N1CCC2=Cc3c(cnn3-c3ccc(F)cc3)CC2(CO)C1. The number of fused-ring (bicyclic) bond motifs is 2. The average Bonchev–Trinajstić information content (AvgIpc) is 3.19. The number of halogens is 3. The van der Waals surface area contributed by atoms with Crippen molar-refractivity contribution >= 4 is 16.1 Å². The molecule has 2 aliphatic rings. The van der Waals surface area contributed by atoms with Gasteiger partial charge in [0.2, 0.25) is 10.0 Å². The van der Waals surface area contributed by atoms with Crippen LogP contribution in [0.5, 0.6) is 0 Å². The molecule has 5 rings (SSSR count). The minimum atomic E-state index is -4.17. The van der Waals surface area contributed by atoms with Crippen LogP contribution in [0.4, 0.5) is 13.2 Å². The number of hydrogen-bond acceptors (Lipinski definition) is 4. The number of hydrogen-bond donors (Lipinski definition) is 1. The van der Waals surface area contributed by atoms with E-state index in [2.05, 4.69) is 5.10 Å². The van der Waals surface area contributed by atoms with Crippen LogP contribution in [0, 0.1) is 22.9 Å². The van der Waals surface area contributed by atoms with E-state index < -0.39 is 32.0 Å². The van der Waals surface area contributed by atoms with E-state index >= 15 is 0 Å². The second-order valence-electron chi connectivity index (χ2n) is 8.42. The van der Waals surface area contributed by atoms with Crippen molar-refractivity contribution in [1.29, 1.82) is 0 Å². The number of aromatic nitrogens is 2. The zero-order valence-electron chi connectivity index (χ0n) is 17.4. The first-order valence-electron chi connectivity index (χ1n) is 10.3. The van der Waals surface area contributed by atoms with E-state index in [1.54, 1.807) is 23.0 Å². The van der Waals surface area contributed by atoms with Crippen LogP contribution < -0.4 is 0 Å². The van der Waals surface area contributed by atoms with Crippen molar-refractivity contribution in [3.05, 3.63) is 82.9 Å². The number of rotatable bonds is 4. The molecule has 1 aliphatic heterocycles. The predicted molar refractivity (Wildman–Crippen MR) is 114 cm³/mol. The van der Waals surface area contributed by atoms with Gasteiger partial charge in [0.05, 0.1) is 29.1 Å². The molecule has 0 radical (unpaired) electrons. The summed E-state index contributed by atoms with van der Waals surface area (Å²) in [6.07, 6.45) is 4.23. The summed E-state index contributed by atoms with van der Waals surface area (Å²) in [5, 5.41) is 14.8. The Hall–Kier alpha value is -2.95. The first-order chi connectivity index (χ1) is 15.7. The zero-order chi connectivity index (χ0) is 23.4. The molecule has 1 N–H and O–H groups in total. The summed E-state index contributed by atoms with van der Waals surface area (Å²) >= 11 is 0. The highest BCUT2D eigenvalue weighted by Gasteiger charge is 2.45. The third-order valence-electron chi connectivity index (χ3n) is 6.36. The van der Waals surface area contributed by atoms with Gasteiger partial charge in [-0.15, -0.1) is 0 Å². The molecule has 0 amide bonds. The number of benzene rings is 2. The topological polar surface area (TPSA) is 75.4 Å². The van der Waals surface area contributed by atoms with Crippen molar-refractivity contribution in [2.45, 2.75) is 17.7 Å². The monoisotopic (exact) mass is 475 g/mol. The van der Waals surface area contributed by atoms with Gasteiger partial charge in [0.15, 0.2) is 0 Å². The lowest BCUT2D eigenvalue weighted by Crippen LogP contribution is -2.51. The summed E-state index contributed by atoms with van der Waals surface area (Å²) < 4.78 is 69.8. The smallest absolute Gasteiger partial charge is 0.243 e. The van der Waals surface area contributed by atoms with Crippen molar-refractivity contribution in [3.8, 4) is 5.69 Å². The van der Waals surface area contributed by atoms with Gasteiger partial charge < -0.3 is 5.11 Å². The van der Waals surface area contributed by atoms with E-state index in [0.29, 0.717) is 24.6 Å². The number of sulfonamides is 1. The first-order valence-corrected chi connectivity index (χ1v) is 11.8. The molecule has 2 heterocycles. The molecule has 10 heteroatoms. The summed E-state index contributed by atoms with van der Waals surface area (Å²) in [7, 11) is -4.17. The largest absolute Gasteiger partial charge is 0.395 e. The maximum Gasteiger partial charge on any atom is 0.243 e. The maximum atomic E-state index is 13.7. The molecule has 6 nitrogen and oxygen atoms in total. The van der Waals surface area contributed by atoms with E-state index in [9.17, 15) is 26.7 Å². The summed E-state index contributed by atoms with van der Waals surface area (Å²) in [4.78, 5) is -0.457. The van der Waals surface area contributed by atoms with Crippen molar-refractivity contribution in [2.75, 3.05) is 19.7 Å². The third-order valence-corrected chi connectivity index (χ3v) is 8.19. The standard InChI is InChI=1S/C23H20F3N3O3S/c24-17-1-3-20(4-2-17)29-22-7-16-5-6-28(13-23(16,14-30)11-15(22)12-27-29)33(31,32)21-9-18(25)8-19(26)10-21/h1-4,7-10,12,30H,5-6,11,13-14H2. The molecule has 1 atom stereocenters. The number of nitrogens with zero attached hydrogens (tertiary/aromatic N) is 3. The molecule has 1 saturated heterocycles. The second-order valence-corrected chi connectivity index (χ2v) is 10.4. The summed E-state index contributed by atoms with van der Waals surface area (Å²) in [5.41, 5.74) is 2.29. The molecule has 0 saturated carbocycles. The van der Waals surface area contributed by atoms with Gasteiger partial charge in [-0.1, -0.05) is 5.57 Å². The Balaban J connectivity index is 1.50. The molecule has 0 spiro atoms. The normalized spacial score (nSPS) is 20.8. The van der Waals surface area contributed by atoms with Crippen LogP contribution in [0.2, 0.25) is 0 Å². The van der Waals surface area contributed by atoms with Crippen LogP contribution in [0.15, 0.2) is 59.1 Å². The lowest BCUT2D eigenvalue weighted by Gasteiger charge is -2.45. The van der Waals surface area contributed by atoms with E-state index in [1.165, 1.54) is 16.4 Å². The lowest BCUT2D eigenvalue weighted by atomic mass is 9.69. The summed E-state index contributed by atoms with van der Waals surface area (Å²) in [6.45, 7) is -0.228. The van der Waals surface area contributed by atoms with Gasteiger partial charge in [-0.05, 0) is 60.9 Å². The molecular formula is C23H20F3N3O3S. The van der Waals surface area contributed by atoms with Crippen LogP contribution in [0.1, 0.15) is 17.7 Å². The van der Waals surface area contributed by atoms with Gasteiger partial charge in [-0.3, -0.25) is 0 Å². The van der Waals surface area contributed by atoms with Gasteiger partial charge >= 0.3 is 0 Å². The Kier molecular flexibility index (Phi) is 5.19. The average molecular weight is 475 g/mol. The number of aliphatic hydroxyl groups excluding tert-OH is 1. The van der Waals surface area contributed by atoms with E-state index in [4.69, 9.17) is 0 Å². The van der Waals surface area contributed by atoms with Gasteiger partial charge in [0.1, 0.15) is 17.5 Å². The Morgan fingerprint density at radius 3 is 2.39 bits per heavy atom. The maximum absolute atomic E-state index is 13.7. The molecule has 1 fully saturated rings. The molecule has 2 aromatic carbocycles. The Morgan fingerprint density at radius 2 is 1.73 bits per heavy atom. The molecular weight excluding hydrogens is 455 g/mol. The fraction of sp³-hybridized carbons (Fsp3) is 0.261. The molecule has 0 bridgehead atoms. The van der Waals surface area contributed by atoms with E-state index in [1.807, 2.05) is 6.08 Å². The third kappa shape index (κ3) is 3.68. The molecule has 172 valence electrons. The molecule has 1 unspecified atom stereocenters. The Morgan fingerprint density at radius 1 is 1.03 bits per heavy atom. The highest BCUT2D eigenvalue weighted by Crippen LogP contribution is 2.45. The van der Waals surface area contributed by atoms with Crippen LogP contribution in [-0.2, 0) is 16.4 Å². The van der Waals surface area contributed by atoms with E-state index in [-0.39, 0.29) is 25.5 Å². The molecule has 1 aliphatic carbocycles. The molecule has 1 aromatic heterocycles. The minimum absolute atomic E-state index is 0.0308. The van der Waals surface area contributed by atoms with Gasteiger partial charge in [-0.25, -0.2) is 26.3 Å². The predicted octanol–water partition coefficient (Wildman–Crippen LogP) is 3.30. The Labute approximate surface area is 188 Å². The zero-order valence-corrected chi connectivity index (χ0v) is 18.2. The van der Waals surface area contributed by atoms with Crippen LogP contribution in [0.25, 0.3) is 11.8 Å². The fourth-order valence-corrected chi connectivity index (χ4v) is 6.23. The lowest BCUT2D eigenvalue weighted by molar-refractivity contribution is 0.111. The quantitative estimate of drug-likeness (QED) is 0.629. The van der Waals surface area contributed by atoms with Crippen molar-refractivity contribution in [2.24, 2.45) is 5.41 Å². The summed E-state index contributed by atoms with van der Waals surface area (Å²) in [6, 6.07) is 8.12. The van der Waals surface area contributed by atoms with Crippen LogP contribution in [-0.4, -0.2) is 47.3 Å². The van der Waals surface area contributed by atoms with Gasteiger partial charge in [0.25, 0.3) is 0 Å². The highest BCUT2D eigenvalue weighted by molar-refractivity contribution is 7.89. The summed E-state index contributed by atoms with van der Waals surface area (Å²) in [5.74, 6) is -2.30. The number of aliphatic hydroxyl groups is 1. The van der Waals surface area contributed by atoms with Gasteiger partial charge in [0, 0.05) is 24.6 Å². The minimum Gasteiger partial charge on any atom is -0.395 e. The van der Waals surface area contributed by atoms with Crippen molar-refractivity contribution < 1.29 is 26.7 Å². The fourth-order valence-electron chi connectivity index (χ4n) is 4.66. The van der Waals surface area contributed by atoms with Crippen molar-refractivity contribution in [1.82, 2.24) is 14.1 Å². The van der Waals surface area contributed by atoms with Crippen LogP contribution in [0.3, 0.4) is 0 Å². The van der Waals surface area contributed by atoms with Crippen molar-refractivity contribution in [3.63, 3.8) is 0 Å². The molecule has 3 aromatic rings. The molecule has 33 heavy (non-hydrogen) atoms. The first kappa shape index (κ1) is 21.9. The van der Waals surface area contributed by atoms with E-state index in [0.717, 1.165) is 29.0 Å².